The van der Waals surface area contributed by atoms with Crippen LogP contribution in [0, 0.1) is 50.8 Å². The highest BCUT2D eigenvalue weighted by atomic mass is 16.5. The van der Waals surface area contributed by atoms with Crippen LogP contribution in [0.25, 0.3) is 0 Å². The molecular weight excluding hydrogens is 1630 g/mol. The van der Waals surface area contributed by atoms with Gasteiger partial charge in [-0.15, -0.1) is 0 Å². The molecule has 5 aromatic rings. The maximum atomic E-state index is 12.1. The molecule has 0 unspecified atom stereocenters. The first kappa shape index (κ1) is 125. The molecule has 746 valence electrons. The van der Waals surface area contributed by atoms with E-state index in [1.54, 1.807) is 31.9 Å². The topological polar surface area (TPSA) is 197 Å². The molecule has 1 saturated carbocycles. The van der Waals surface area contributed by atoms with E-state index in [-0.39, 0.29) is 79.2 Å². The van der Waals surface area contributed by atoms with Crippen molar-refractivity contribution in [2.45, 2.75) is 326 Å². The second kappa shape index (κ2) is 64.2. The number of rotatable bonds is 11. The Balaban J connectivity index is 0. The Morgan fingerprint density at radius 1 is 0.466 bits per heavy atom. The van der Waals surface area contributed by atoms with Crippen LogP contribution in [0.3, 0.4) is 0 Å². The quantitative estimate of drug-likeness (QED) is 0.105. The zero-order valence-electron chi connectivity index (χ0n) is 90.5. The number of anilines is 3. The summed E-state index contributed by atoms with van der Waals surface area (Å²) in [4.78, 5) is 65.3. The zero-order chi connectivity index (χ0) is 101. The number of piperazine rings is 1. The molecule has 3 aromatic heterocycles. The first-order chi connectivity index (χ1) is 60.6. The minimum atomic E-state index is -0.253. The van der Waals surface area contributed by atoms with E-state index in [2.05, 4.69) is 246 Å². The summed E-state index contributed by atoms with van der Waals surface area (Å²) in [7, 11) is 12.0. The van der Waals surface area contributed by atoms with E-state index in [4.69, 9.17) is 19.3 Å². The van der Waals surface area contributed by atoms with Gasteiger partial charge in [-0.25, -0.2) is 0 Å². The van der Waals surface area contributed by atoms with Gasteiger partial charge in [-0.3, -0.25) is 39.1 Å². The molecule has 0 spiro atoms. The van der Waals surface area contributed by atoms with Crippen molar-refractivity contribution in [3.63, 3.8) is 0 Å². The fourth-order valence-corrected chi connectivity index (χ4v) is 12.5. The SMILES string of the molecule is CC.CC(C)(C)C#CCN1CCCCC1.CC(C)(C)C(=O)N1CCOCC1.CC(C)(C)C(=O)NC1CCCCC1.CC(C)(C)Nc1cccnc1.CC(C)(C)Oc1ccccc1.CC(C)(C)Oc1cccnc1.CN(c1ccccc1)C(C)(C)C.CN(c1cccnc1)C(C)(C)C.CN1CCC(N(C)C(=O)C(C)(C)C)CC1.CN1CCN(CC#CC(C)(C)C)CC1.COCCO. The number of morpholine rings is 1. The number of methoxy groups -OCH3 is 1. The van der Waals surface area contributed by atoms with E-state index in [0.717, 1.165) is 88.1 Å². The van der Waals surface area contributed by atoms with Gasteiger partial charge in [0.05, 0.1) is 63.3 Å². The molecule has 10 rings (SSSR count). The van der Waals surface area contributed by atoms with Gasteiger partial charge in [-0.1, -0.05) is 162 Å². The number of ether oxygens (including phenoxy) is 4. The standard InChI is InChI=1S/C12H24N2O.C12H22N2.C12H21N.C11H21NO.C11H17N.C10H16N2.C10H14O.C9H14N2.C9H17NO2.C9H13NO.C3H8O2.C2H6/c1-12(2,3)11(15)14(5)10-6-8-13(4)9-7-10;1-12(2,3)6-5-7-14-10-8-13(4)9-11-14;1-12(2,3)8-7-11-13-9-5-4-6-10-13;1-11(2,3)10(13)12-9-7-5-4-6-8-9;1-11(2,3)12(4)10-8-6-5-7-9-10;1-10(2,3)12(4)9-6-5-7-11-8-9;1-10(2,3)11-9-7-5-4-6-8-9;1-9(2,3)11-8-5-4-6-10-7-8;1-9(2,3)8(11)10-4-6-12-7-5-10;1-9(2,3)11-8-5-4-6-10-7-8;1-5-3-2-4;1-2/h10H,6-9H2,1-5H3;7-11H2,1-4H3;4-6,9-11H2,1-3H3;9H,4-8H2,1-3H3,(H,12,13);5-9H,1-4H3;5-8H,1-4H3;4-8H,1-3H3;4-7,11H,1-3H3;4-7H2,1-3H3;4-7H,1-3H3;4H,2-3H2,1H3;1-2H3. The lowest BCUT2D eigenvalue weighted by Gasteiger charge is -2.37. The molecule has 5 aliphatic rings. The average molecular weight is 1830 g/mol. The van der Waals surface area contributed by atoms with Gasteiger partial charge in [-0.05, 0) is 285 Å². The lowest BCUT2D eigenvalue weighted by atomic mass is 9.91. The number of amides is 3. The lowest BCUT2D eigenvalue weighted by Crippen LogP contribution is -2.47. The van der Waals surface area contributed by atoms with Crippen LogP contribution >= 0.6 is 0 Å². The minimum Gasteiger partial charge on any atom is -0.488 e. The third-order valence-electron chi connectivity index (χ3n) is 20.2. The number of likely N-dealkylation sites (tertiary alicyclic amines) is 2. The van der Waals surface area contributed by atoms with Crippen molar-refractivity contribution in [1.82, 2.24) is 49.7 Å². The Bertz CT molecular complexity index is 3630. The van der Waals surface area contributed by atoms with Crippen LogP contribution in [0.5, 0.6) is 11.5 Å². The Kier molecular flexibility index (Phi) is 61.3. The number of nitrogens with zero attached hydrogens (tertiary/aromatic N) is 11. The maximum absolute atomic E-state index is 12.1. The summed E-state index contributed by atoms with van der Waals surface area (Å²) in [5.74, 6) is 15.5. The molecule has 1 aliphatic carbocycles. The van der Waals surface area contributed by atoms with E-state index in [1.807, 2.05) is 214 Å². The van der Waals surface area contributed by atoms with E-state index >= 15 is 0 Å². The molecule has 0 atom stereocenters. The Morgan fingerprint density at radius 2 is 0.878 bits per heavy atom. The molecule has 4 saturated heterocycles. The number of carbonyl (C=O) groups is 3. The number of pyridine rings is 3. The molecule has 0 radical (unpaired) electrons. The van der Waals surface area contributed by atoms with Crippen molar-refractivity contribution >= 4 is 34.8 Å². The van der Waals surface area contributed by atoms with Crippen LogP contribution in [0.1, 0.15) is 286 Å². The number of benzene rings is 2. The number of para-hydroxylation sites is 2. The molecule has 131 heavy (non-hydrogen) atoms. The van der Waals surface area contributed by atoms with Crippen LogP contribution in [0.4, 0.5) is 17.1 Å². The van der Waals surface area contributed by atoms with Crippen molar-refractivity contribution in [2.75, 3.05) is 162 Å². The van der Waals surface area contributed by atoms with Crippen molar-refractivity contribution < 1.29 is 38.4 Å². The number of aliphatic hydroxyl groups is 1. The fraction of sp³-hybridized carbons (Fsp3) is 0.691. The van der Waals surface area contributed by atoms with Gasteiger partial charge < -0.3 is 64.1 Å². The van der Waals surface area contributed by atoms with Crippen molar-refractivity contribution in [3.05, 3.63) is 134 Å². The molecule has 2 aromatic carbocycles. The molecular formula is C110H193N13O8. The van der Waals surface area contributed by atoms with Crippen molar-refractivity contribution in [2.24, 2.45) is 27.1 Å². The van der Waals surface area contributed by atoms with Gasteiger partial charge in [0.15, 0.2) is 0 Å². The number of piperidine rings is 2. The number of carbonyl (C=O) groups excluding carboxylic acids is 3. The smallest absolute Gasteiger partial charge is 0.228 e. The van der Waals surface area contributed by atoms with Crippen molar-refractivity contribution in [1.29, 1.82) is 0 Å². The highest BCUT2D eigenvalue weighted by molar-refractivity contribution is 5.82. The minimum absolute atomic E-state index is 0.0959. The Hall–Kier alpha value is -7.86. The second-order valence-electron chi connectivity index (χ2n) is 44.2. The first-order valence-electron chi connectivity index (χ1n) is 48.4. The van der Waals surface area contributed by atoms with Crippen LogP contribution in [-0.2, 0) is 23.9 Å². The summed E-state index contributed by atoms with van der Waals surface area (Å²) < 4.78 is 20.8. The first-order valence-corrected chi connectivity index (χ1v) is 48.4. The predicted octanol–water partition coefficient (Wildman–Crippen LogP) is 22.1. The normalized spacial score (nSPS) is 15.4. The van der Waals surface area contributed by atoms with Gasteiger partial charge in [0.25, 0.3) is 0 Å². The maximum Gasteiger partial charge on any atom is 0.228 e. The molecule has 0 bridgehead atoms. The number of hydrogen-bond acceptors (Lipinski definition) is 18. The van der Waals surface area contributed by atoms with Crippen molar-refractivity contribution in [3.8, 4) is 35.2 Å². The largest absolute Gasteiger partial charge is 0.488 e. The van der Waals surface area contributed by atoms with E-state index < -0.39 is 0 Å². The second-order valence-corrected chi connectivity index (χ2v) is 44.2. The van der Waals surface area contributed by atoms with Gasteiger partial charge in [0.1, 0.15) is 22.7 Å². The summed E-state index contributed by atoms with van der Waals surface area (Å²) in [5.41, 5.74) is 3.29. The third kappa shape index (κ3) is 67.9. The number of likely N-dealkylation sites (N-methyl/N-ethyl adjacent to an activating group) is 1. The molecule has 21 nitrogen and oxygen atoms in total. The summed E-state index contributed by atoms with van der Waals surface area (Å²) >= 11 is 0. The number of nitrogens with one attached hydrogen (secondary N) is 2. The Labute approximate surface area is 803 Å². The molecule has 3 amide bonds. The lowest BCUT2D eigenvalue weighted by molar-refractivity contribution is -0.143. The van der Waals surface area contributed by atoms with Crippen LogP contribution < -0.4 is 29.9 Å². The monoisotopic (exact) mass is 1820 g/mol. The third-order valence-corrected chi connectivity index (χ3v) is 20.2. The van der Waals surface area contributed by atoms with Crippen LogP contribution in [0.2, 0.25) is 0 Å². The molecule has 5 fully saturated rings. The molecule has 3 N–H and O–H groups in total. The number of aliphatic hydroxyl groups excluding tert-OH is 1. The van der Waals surface area contributed by atoms with Crippen LogP contribution in [0.15, 0.2) is 134 Å². The zero-order valence-corrected chi connectivity index (χ0v) is 90.5. The highest BCUT2D eigenvalue weighted by Gasteiger charge is 2.32. The average Bonchev–Trinajstić information content (AvgIpc) is 0.846. The van der Waals surface area contributed by atoms with Gasteiger partial charge in [-0.2, -0.15) is 0 Å². The summed E-state index contributed by atoms with van der Waals surface area (Å²) in [6.07, 6.45) is 23.3. The van der Waals surface area contributed by atoms with Crippen LogP contribution in [-0.4, -0.2) is 254 Å². The fourth-order valence-electron chi connectivity index (χ4n) is 12.5. The highest BCUT2D eigenvalue weighted by Crippen LogP contribution is 2.27. The number of hydrogen-bond donors (Lipinski definition) is 3. The van der Waals surface area contributed by atoms with E-state index in [0.29, 0.717) is 31.9 Å². The molecule has 21 heteroatoms. The van der Waals surface area contributed by atoms with Gasteiger partial charge in [0.2, 0.25) is 17.7 Å². The van der Waals surface area contributed by atoms with E-state index in [1.165, 1.54) is 83.2 Å². The van der Waals surface area contributed by atoms with Gasteiger partial charge in [0, 0.05) is 154 Å². The summed E-state index contributed by atoms with van der Waals surface area (Å²) in [6.45, 7) is 81.1. The Morgan fingerprint density at radius 3 is 1.26 bits per heavy atom. The molecule has 7 heterocycles. The van der Waals surface area contributed by atoms with Gasteiger partial charge >= 0.3 is 0 Å². The summed E-state index contributed by atoms with van der Waals surface area (Å²) in [5, 5.41) is 14.4. The molecule has 4 aliphatic heterocycles. The van der Waals surface area contributed by atoms with E-state index in [9.17, 15) is 14.4 Å². The number of aromatic nitrogens is 3. The summed E-state index contributed by atoms with van der Waals surface area (Å²) in [6, 6.07) is 32.9. The predicted molar refractivity (Wildman–Crippen MR) is 559 cm³/mol.